The summed E-state index contributed by atoms with van der Waals surface area (Å²) in [6, 6.07) is 11.1. The van der Waals surface area contributed by atoms with Gasteiger partial charge >= 0.3 is 6.03 Å². The Kier molecular flexibility index (Phi) is 5.47. The van der Waals surface area contributed by atoms with Gasteiger partial charge in [0.15, 0.2) is 0 Å². The molecule has 0 bridgehead atoms. The highest BCUT2D eigenvalue weighted by atomic mass is 79.9. The molecule has 8 heteroatoms. The van der Waals surface area contributed by atoms with Crippen molar-refractivity contribution in [1.82, 2.24) is 15.2 Å². The average Bonchev–Trinajstić information content (AvgIpc) is 3.52. The zero-order chi connectivity index (χ0) is 19.5. The van der Waals surface area contributed by atoms with Crippen LogP contribution in [0, 0.1) is 0 Å². The number of piperazine rings is 1. The second-order valence-electron chi connectivity index (χ2n) is 7.07. The van der Waals surface area contributed by atoms with E-state index in [0.717, 1.165) is 36.2 Å². The monoisotopic (exact) mass is 443 g/mol. The summed E-state index contributed by atoms with van der Waals surface area (Å²) in [6.07, 6.45) is 3.85. The maximum Gasteiger partial charge on any atom is 0.319 e. The quantitative estimate of drug-likeness (QED) is 0.760. The number of hydrogen-bond acceptors (Lipinski definition) is 4. The van der Waals surface area contributed by atoms with Crippen LogP contribution in [0.15, 0.2) is 47.1 Å². The molecule has 3 amide bonds. The molecule has 1 saturated heterocycles. The number of nitrogens with zero attached hydrogens (tertiary/aromatic N) is 3. The van der Waals surface area contributed by atoms with Crippen LogP contribution in [-0.4, -0.2) is 54.0 Å². The van der Waals surface area contributed by atoms with Crippen molar-refractivity contribution in [3.05, 3.63) is 52.6 Å². The molecule has 28 heavy (non-hydrogen) atoms. The number of benzene rings is 1. The van der Waals surface area contributed by atoms with Gasteiger partial charge in [0.2, 0.25) is 0 Å². The van der Waals surface area contributed by atoms with Crippen LogP contribution in [0.2, 0.25) is 0 Å². The van der Waals surface area contributed by atoms with Gasteiger partial charge in [0.1, 0.15) is 5.82 Å². The zero-order valence-corrected chi connectivity index (χ0v) is 17.0. The molecular formula is C20H22BrN5O2. The van der Waals surface area contributed by atoms with Gasteiger partial charge in [-0.3, -0.25) is 4.79 Å². The molecule has 0 spiro atoms. The fraction of sp³-hybridized carbons (Fsp3) is 0.350. The van der Waals surface area contributed by atoms with Crippen LogP contribution in [0.25, 0.3) is 0 Å². The lowest BCUT2D eigenvalue weighted by Gasteiger charge is -2.35. The van der Waals surface area contributed by atoms with Crippen LogP contribution in [-0.2, 0) is 0 Å². The van der Waals surface area contributed by atoms with E-state index in [1.807, 2.05) is 17.0 Å². The molecule has 0 atom stereocenters. The summed E-state index contributed by atoms with van der Waals surface area (Å²) in [5, 5.41) is 5.68. The molecule has 1 aliphatic heterocycles. The van der Waals surface area contributed by atoms with Crippen molar-refractivity contribution in [3.63, 3.8) is 0 Å². The Bertz CT molecular complexity index is 861. The molecule has 2 fully saturated rings. The topological polar surface area (TPSA) is 77.6 Å². The number of carbonyl (C=O) groups is 2. The number of pyridine rings is 1. The molecule has 2 heterocycles. The first-order chi connectivity index (χ1) is 13.6. The fourth-order valence-corrected chi connectivity index (χ4v) is 3.42. The summed E-state index contributed by atoms with van der Waals surface area (Å²) in [5.74, 6) is 0.901. The van der Waals surface area contributed by atoms with E-state index in [9.17, 15) is 9.59 Å². The Morgan fingerprint density at radius 1 is 1.07 bits per heavy atom. The molecule has 2 N–H and O–H groups in total. The van der Waals surface area contributed by atoms with Crippen LogP contribution >= 0.6 is 15.9 Å². The molecule has 4 rings (SSSR count). The third kappa shape index (κ3) is 4.62. The van der Waals surface area contributed by atoms with Gasteiger partial charge in [0, 0.05) is 54.1 Å². The van der Waals surface area contributed by atoms with Crippen LogP contribution < -0.4 is 15.5 Å². The number of urea groups is 1. The van der Waals surface area contributed by atoms with Crippen LogP contribution in [0.3, 0.4) is 0 Å². The molecule has 2 aromatic rings. The van der Waals surface area contributed by atoms with Crippen molar-refractivity contribution >= 4 is 39.4 Å². The Balaban J connectivity index is 1.35. The van der Waals surface area contributed by atoms with Gasteiger partial charge in [-0.1, -0.05) is 6.07 Å². The summed E-state index contributed by atoms with van der Waals surface area (Å²) in [4.78, 5) is 33.2. The highest BCUT2D eigenvalue weighted by Gasteiger charge is 2.24. The van der Waals surface area contributed by atoms with Crippen molar-refractivity contribution < 1.29 is 9.59 Å². The first-order valence-corrected chi connectivity index (χ1v) is 10.2. The Morgan fingerprint density at radius 3 is 2.54 bits per heavy atom. The lowest BCUT2D eigenvalue weighted by molar-refractivity contribution is 0.0746. The van der Waals surface area contributed by atoms with E-state index in [0.29, 0.717) is 30.4 Å². The van der Waals surface area contributed by atoms with Gasteiger partial charge in [-0.15, -0.1) is 0 Å². The highest BCUT2D eigenvalue weighted by molar-refractivity contribution is 9.10. The van der Waals surface area contributed by atoms with Gasteiger partial charge in [-0.25, -0.2) is 9.78 Å². The van der Waals surface area contributed by atoms with Crippen molar-refractivity contribution in [2.24, 2.45) is 0 Å². The van der Waals surface area contributed by atoms with Crippen molar-refractivity contribution in [2.45, 2.75) is 18.9 Å². The highest BCUT2D eigenvalue weighted by Crippen LogP contribution is 2.20. The third-order valence-corrected chi connectivity index (χ3v) is 5.35. The predicted molar refractivity (Wildman–Crippen MR) is 112 cm³/mol. The van der Waals surface area contributed by atoms with E-state index in [1.54, 1.807) is 30.5 Å². The molecule has 1 aliphatic carbocycles. The maximum atomic E-state index is 12.9. The minimum atomic E-state index is -0.220. The lowest BCUT2D eigenvalue weighted by atomic mass is 10.1. The standard InChI is InChI=1S/C20H22BrN5O2/c21-15-4-7-18(22-13-15)25-8-10-26(11-9-25)19(27)14-2-1-3-17(12-14)24-20(28)23-16-5-6-16/h1-4,7,12-13,16H,5-6,8-11H2,(H2,23,24,28). The largest absolute Gasteiger partial charge is 0.353 e. The minimum absolute atomic E-state index is 0.0188. The first kappa shape index (κ1) is 18.7. The normalized spacial score (nSPS) is 16.6. The number of aromatic nitrogens is 1. The molecule has 1 aromatic heterocycles. The van der Waals surface area contributed by atoms with Gasteiger partial charge in [0.05, 0.1) is 0 Å². The summed E-state index contributed by atoms with van der Waals surface area (Å²) >= 11 is 3.40. The molecule has 2 aliphatic rings. The number of rotatable bonds is 4. The fourth-order valence-electron chi connectivity index (χ4n) is 3.19. The number of carbonyl (C=O) groups excluding carboxylic acids is 2. The third-order valence-electron chi connectivity index (χ3n) is 4.88. The number of anilines is 2. The summed E-state index contributed by atoms with van der Waals surface area (Å²) in [7, 11) is 0. The number of halogens is 1. The average molecular weight is 444 g/mol. The minimum Gasteiger partial charge on any atom is -0.353 e. The molecular weight excluding hydrogens is 422 g/mol. The van der Waals surface area contributed by atoms with E-state index in [4.69, 9.17) is 0 Å². The van der Waals surface area contributed by atoms with Crippen LogP contribution in [0.5, 0.6) is 0 Å². The lowest BCUT2D eigenvalue weighted by Crippen LogP contribution is -2.49. The van der Waals surface area contributed by atoms with Crippen LogP contribution in [0.1, 0.15) is 23.2 Å². The van der Waals surface area contributed by atoms with Gasteiger partial charge in [-0.05, 0) is 59.1 Å². The van der Waals surface area contributed by atoms with Crippen LogP contribution in [0.4, 0.5) is 16.3 Å². The molecule has 0 radical (unpaired) electrons. The SMILES string of the molecule is O=C(Nc1cccc(C(=O)N2CCN(c3ccc(Br)cn3)CC2)c1)NC1CC1. The Hall–Kier alpha value is -2.61. The van der Waals surface area contributed by atoms with E-state index in [2.05, 4.69) is 36.4 Å². The molecule has 1 aromatic carbocycles. The van der Waals surface area contributed by atoms with Crippen molar-refractivity contribution in [2.75, 3.05) is 36.4 Å². The van der Waals surface area contributed by atoms with Gasteiger partial charge in [0.25, 0.3) is 5.91 Å². The maximum absolute atomic E-state index is 12.9. The van der Waals surface area contributed by atoms with Gasteiger partial charge < -0.3 is 20.4 Å². The number of amides is 3. The molecule has 146 valence electrons. The Morgan fingerprint density at radius 2 is 1.86 bits per heavy atom. The number of nitrogens with one attached hydrogen (secondary N) is 2. The van der Waals surface area contributed by atoms with E-state index in [-0.39, 0.29) is 11.9 Å². The molecule has 1 saturated carbocycles. The molecule has 7 nitrogen and oxygen atoms in total. The van der Waals surface area contributed by atoms with Gasteiger partial charge in [-0.2, -0.15) is 0 Å². The predicted octanol–water partition coefficient (Wildman–Crippen LogP) is 3.09. The Labute approximate surface area is 172 Å². The second kappa shape index (κ2) is 8.18. The summed E-state index contributed by atoms with van der Waals surface area (Å²) in [6.45, 7) is 2.75. The number of hydrogen-bond donors (Lipinski definition) is 2. The zero-order valence-electron chi connectivity index (χ0n) is 15.4. The van der Waals surface area contributed by atoms with Crippen molar-refractivity contribution in [1.29, 1.82) is 0 Å². The first-order valence-electron chi connectivity index (χ1n) is 9.42. The summed E-state index contributed by atoms with van der Waals surface area (Å²) < 4.78 is 0.948. The molecule has 0 unspecified atom stereocenters. The van der Waals surface area contributed by atoms with E-state index in [1.165, 1.54) is 0 Å². The van der Waals surface area contributed by atoms with Crippen molar-refractivity contribution in [3.8, 4) is 0 Å². The van der Waals surface area contributed by atoms with E-state index >= 15 is 0 Å². The summed E-state index contributed by atoms with van der Waals surface area (Å²) in [5.41, 5.74) is 1.21. The smallest absolute Gasteiger partial charge is 0.319 e. The van der Waals surface area contributed by atoms with E-state index < -0.39 is 0 Å². The second-order valence-corrected chi connectivity index (χ2v) is 7.98.